The molecule has 6 heteroatoms. The van der Waals surface area contributed by atoms with E-state index in [-0.39, 0.29) is 36.5 Å². The molecule has 5 aliphatic rings. The Kier molecular flexibility index (Phi) is 7.91. The second kappa shape index (κ2) is 10.7. The molecule has 4 saturated carbocycles. The van der Waals surface area contributed by atoms with Crippen molar-refractivity contribution >= 4 is 11.9 Å². The lowest BCUT2D eigenvalue weighted by atomic mass is 9.49. The summed E-state index contributed by atoms with van der Waals surface area (Å²) in [5.74, 6) is 2.03. The lowest BCUT2D eigenvalue weighted by molar-refractivity contribution is -0.154. The Balaban J connectivity index is 1.05. The summed E-state index contributed by atoms with van der Waals surface area (Å²) >= 11 is 0. The van der Waals surface area contributed by atoms with Gasteiger partial charge in [-0.3, -0.25) is 14.5 Å². The minimum atomic E-state index is -0.211. The van der Waals surface area contributed by atoms with Crippen molar-refractivity contribution in [2.75, 3.05) is 46.1 Å². The first-order valence-corrected chi connectivity index (χ1v) is 12.4. The zero-order valence-electron chi connectivity index (χ0n) is 19.0. The molecular formula is C25H40NO5. The normalized spacial score (nSPS) is 33.3. The Morgan fingerprint density at radius 3 is 2.13 bits per heavy atom. The molecular weight excluding hydrogens is 394 g/mol. The summed E-state index contributed by atoms with van der Waals surface area (Å²) in [4.78, 5) is 26.8. The smallest absolute Gasteiger partial charge is 0.306 e. The van der Waals surface area contributed by atoms with Crippen molar-refractivity contribution in [2.45, 2.75) is 64.2 Å². The molecule has 5 rings (SSSR count). The van der Waals surface area contributed by atoms with Crippen LogP contribution in [0.3, 0.4) is 0 Å². The third-order valence-electron chi connectivity index (χ3n) is 7.85. The van der Waals surface area contributed by atoms with E-state index >= 15 is 0 Å². The number of unbranched alkanes of at least 4 members (excludes halogenated alkanes) is 1. The van der Waals surface area contributed by atoms with Crippen molar-refractivity contribution in [1.82, 2.24) is 4.90 Å². The monoisotopic (exact) mass is 434 g/mol. The highest BCUT2D eigenvalue weighted by Gasteiger charge is 2.51. The standard InChI is InChI=1S/C25H40NO5/c1-19(17-30-23(27)4-2-3-5-26-6-8-29-9-7-26)18-31-24(28)16-25-13-20-10-21(14-25)12-22(11-20)15-25/h19-22H,1-18H2. The van der Waals surface area contributed by atoms with Gasteiger partial charge in [0.15, 0.2) is 0 Å². The molecule has 4 bridgehead atoms. The van der Waals surface area contributed by atoms with Crippen LogP contribution in [0.15, 0.2) is 0 Å². The molecule has 0 spiro atoms. The fourth-order valence-corrected chi connectivity index (χ4v) is 6.84. The zero-order chi connectivity index (χ0) is 21.7. The summed E-state index contributed by atoms with van der Waals surface area (Å²) in [6.45, 7) is 9.02. The number of carbonyl (C=O) groups excluding carboxylic acids is 2. The molecule has 175 valence electrons. The average molecular weight is 435 g/mol. The maximum atomic E-state index is 12.5. The van der Waals surface area contributed by atoms with Gasteiger partial charge in [-0.25, -0.2) is 0 Å². The Labute approximate surface area is 187 Å². The molecule has 0 aromatic heterocycles. The van der Waals surface area contributed by atoms with Gasteiger partial charge in [0.25, 0.3) is 0 Å². The van der Waals surface area contributed by atoms with Crippen LogP contribution >= 0.6 is 0 Å². The van der Waals surface area contributed by atoms with Crippen molar-refractivity contribution in [3.63, 3.8) is 0 Å². The zero-order valence-corrected chi connectivity index (χ0v) is 19.0. The lowest BCUT2D eigenvalue weighted by Gasteiger charge is -2.56. The summed E-state index contributed by atoms with van der Waals surface area (Å²) in [5.41, 5.74) is 0.205. The van der Waals surface area contributed by atoms with Gasteiger partial charge in [-0.05, 0) is 88.0 Å². The van der Waals surface area contributed by atoms with Crippen LogP contribution in [0.5, 0.6) is 0 Å². The molecule has 31 heavy (non-hydrogen) atoms. The predicted octanol–water partition coefficient (Wildman–Crippen LogP) is 3.63. The van der Waals surface area contributed by atoms with Crippen molar-refractivity contribution in [2.24, 2.45) is 29.1 Å². The molecule has 0 amide bonds. The predicted molar refractivity (Wildman–Crippen MR) is 117 cm³/mol. The molecule has 1 heterocycles. The highest BCUT2D eigenvalue weighted by molar-refractivity contribution is 5.70. The average Bonchev–Trinajstić information content (AvgIpc) is 2.73. The van der Waals surface area contributed by atoms with Crippen LogP contribution in [0.1, 0.15) is 64.2 Å². The largest absolute Gasteiger partial charge is 0.465 e. The van der Waals surface area contributed by atoms with Gasteiger partial charge in [0, 0.05) is 25.4 Å². The van der Waals surface area contributed by atoms with Crippen LogP contribution in [0, 0.1) is 36.0 Å². The Bertz CT molecular complexity index is 580. The SMILES string of the molecule is [CH2]C(COC(=O)CCCCN1CCOCC1)COC(=O)CC12CC3CC(CC(C3)C1)C2. The van der Waals surface area contributed by atoms with E-state index in [2.05, 4.69) is 11.8 Å². The van der Waals surface area contributed by atoms with Crippen LogP contribution in [0.2, 0.25) is 0 Å². The van der Waals surface area contributed by atoms with Crippen LogP contribution in [-0.2, 0) is 23.8 Å². The lowest BCUT2D eigenvalue weighted by Crippen LogP contribution is -2.47. The number of ether oxygens (including phenoxy) is 3. The Morgan fingerprint density at radius 2 is 1.52 bits per heavy atom. The third kappa shape index (κ3) is 6.67. The number of nitrogens with zero attached hydrogens (tertiary/aromatic N) is 1. The highest BCUT2D eigenvalue weighted by atomic mass is 16.5. The van der Waals surface area contributed by atoms with Gasteiger partial charge in [-0.2, -0.15) is 0 Å². The van der Waals surface area contributed by atoms with Crippen molar-refractivity contribution in [3.05, 3.63) is 6.92 Å². The fourth-order valence-electron chi connectivity index (χ4n) is 6.84. The second-order valence-corrected chi connectivity index (χ2v) is 10.7. The molecule has 1 aliphatic heterocycles. The van der Waals surface area contributed by atoms with Gasteiger partial charge in [0.05, 0.1) is 32.8 Å². The Morgan fingerprint density at radius 1 is 0.935 bits per heavy atom. The summed E-state index contributed by atoms with van der Waals surface area (Å²) < 4.78 is 16.2. The summed E-state index contributed by atoms with van der Waals surface area (Å²) in [7, 11) is 0. The van der Waals surface area contributed by atoms with E-state index in [9.17, 15) is 9.59 Å². The molecule has 0 aromatic rings. The molecule has 1 unspecified atom stereocenters. The first-order chi connectivity index (χ1) is 15.0. The highest BCUT2D eigenvalue weighted by Crippen LogP contribution is 2.61. The molecule has 4 aliphatic carbocycles. The quantitative estimate of drug-likeness (QED) is 0.365. The van der Waals surface area contributed by atoms with Crippen molar-refractivity contribution in [3.8, 4) is 0 Å². The third-order valence-corrected chi connectivity index (χ3v) is 7.85. The van der Waals surface area contributed by atoms with Gasteiger partial charge in [-0.1, -0.05) is 0 Å². The van der Waals surface area contributed by atoms with E-state index < -0.39 is 0 Å². The van der Waals surface area contributed by atoms with E-state index in [1.165, 1.54) is 38.5 Å². The van der Waals surface area contributed by atoms with E-state index in [4.69, 9.17) is 14.2 Å². The number of rotatable bonds is 11. The first kappa shape index (κ1) is 23.0. The van der Waals surface area contributed by atoms with E-state index in [1.807, 2.05) is 0 Å². The number of carbonyl (C=O) groups is 2. The van der Waals surface area contributed by atoms with Crippen LogP contribution in [0.4, 0.5) is 0 Å². The van der Waals surface area contributed by atoms with Crippen molar-refractivity contribution < 1.29 is 23.8 Å². The minimum Gasteiger partial charge on any atom is -0.465 e. The number of hydrogen-bond acceptors (Lipinski definition) is 6. The van der Waals surface area contributed by atoms with Crippen LogP contribution < -0.4 is 0 Å². The molecule has 6 nitrogen and oxygen atoms in total. The number of morpholine rings is 1. The first-order valence-electron chi connectivity index (χ1n) is 12.4. The van der Waals surface area contributed by atoms with Gasteiger partial charge < -0.3 is 14.2 Å². The maximum Gasteiger partial charge on any atom is 0.306 e. The van der Waals surface area contributed by atoms with Crippen molar-refractivity contribution in [1.29, 1.82) is 0 Å². The van der Waals surface area contributed by atoms with Gasteiger partial charge in [-0.15, -0.1) is 0 Å². The minimum absolute atomic E-state index is 0.0926. The van der Waals surface area contributed by atoms with Crippen LogP contribution in [-0.4, -0.2) is 62.9 Å². The van der Waals surface area contributed by atoms with E-state index in [0.717, 1.165) is 63.4 Å². The summed E-state index contributed by atoms with van der Waals surface area (Å²) in [6.07, 6.45) is 10.6. The van der Waals surface area contributed by atoms with Gasteiger partial charge in [0.2, 0.25) is 0 Å². The maximum absolute atomic E-state index is 12.5. The van der Waals surface area contributed by atoms with E-state index in [1.54, 1.807) is 0 Å². The molecule has 1 saturated heterocycles. The number of hydrogen-bond donors (Lipinski definition) is 0. The molecule has 0 N–H and O–H groups in total. The topological polar surface area (TPSA) is 65.1 Å². The number of esters is 2. The van der Waals surface area contributed by atoms with E-state index in [0.29, 0.717) is 12.8 Å². The van der Waals surface area contributed by atoms with Crippen LogP contribution in [0.25, 0.3) is 0 Å². The van der Waals surface area contributed by atoms with Gasteiger partial charge >= 0.3 is 11.9 Å². The summed E-state index contributed by atoms with van der Waals surface area (Å²) in [6, 6.07) is 0. The molecule has 0 aromatic carbocycles. The molecule has 1 radical (unpaired) electrons. The molecule has 5 fully saturated rings. The Hall–Kier alpha value is -1.14. The second-order valence-electron chi connectivity index (χ2n) is 10.7. The van der Waals surface area contributed by atoms with Gasteiger partial charge in [0.1, 0.15) is 0 Å². The molecule has 1 atom stereocenters. The summed E-state index contributed by atoms with van der Waals surface area (Å²) in [5, 5.41) is 0. The fraction of sp³-hybridized carbons (Fsp3) is 0.880.